The van der Waals surface area contributed by atoms with E-state index in [0.717, 1.165) is 17.3 Å². The average molecular weight is 381 g/mol. The van der Waals surface area contributed by atoms with E-state index in [1.54, 1.807) is 36.5 Å². The third kappa shape index (κ3) is 4.39. The van der Waals surface area contributed by atoms with Crippen molar-refractivity contribution in [3.05, 3.63) is 66.1 Å². The van der Waals surface area contributed by atoms with Gasteiger partial charge in [-0.2, -0.15) is 8.75 Å². The first-order valence-corrected chi connectivity index (χ1v) is 8.71. The predicted octanol–water partition coefficient (Wildman–Crippen LogP) is 0.996. The van der Waals surface area contributed by atoms with Gasteiger partial charge >= 0.3 is 0 Å². The molecule has 0 bridgehead atoms. The maximum Gasteiger partial charge on any atom is 0.287 e. The number of ketones is 1. The summed E-state index contributed by atoms with van der Waals surface area (Å²) in [7, 11) is 0. The fourth-order valence-corrected chi connectivity index (χ4v) is 3.02. The number of aromatic nitrogens is 3. The van der Waals surface area contributed by atoms with Gasteiger partial charge in [-0.3, -0.25) is 19.4 Å². The molecule has 0 saturated heterocycles. The molecular weight excluding hydrogens is 366 g/mol. The third-order valence-electron chi connectivity index (χ3n) is 3.75. The van der Waals surface area contributed by atoms with Crippen molar-refractivity contribution in [2.45, 2.75) is 12.5 Å². The number of primary amides is 1. The molecule has 27 heavy (non-hydrogen) atoms. The van der Waals surface area contributed by atoms with Crippen LogP contribution in [0.1, 0.15) is 16.2 Å². The molecule has 0 radical (unpaired) electrons. The van der Waals surface area contributed by atoms with Crippen molar-refractivity contribution < 1.29 is 14.4 Å². The number of carbonyl (C=O) groups excluding carboxylic acids is 3. The number of hydrogen-bond acceptors (Lipinski definition) is 7. The zero-order chi connectivity index (χ0) is 19.2. The van der Waals surface area contributed by atoms with Crippen molar-refractivity contribution in [1.82, 2.24) is 19.0 Å². The van der Waals surface area contributed by atoms with Crippen LogP contribution in [0, 0.1) is 0 Å². The lowest BCUT2D eigenvalue weighted by Gasteiger charge is -2.15. The van der Waals surface area contributed by atoms with Crippen LogP contribution in [-0.2, 0) is 16.0 Å². The van der Waals surface area contributed by atoms with E-state index in [0.29, 0.717) is 11.4 Å². The Morgan fingerprint density at radius 3 is 2.44 bits per heavy atom. The second-order valence-electron chi connectivity index (χ2n) is 5.61. The first kappa shape index (κ1) is 18.3. The van der Waals surface area contributed by atoms with Crippen molar-refractivity contribution >= 4 is 29.3 Å². The number of amides is 2. The van der Waals surface area contributed by atoms with Crippen LogP contribution in [0.25, 0.3) is 11.3 Å². The lowest BCUT2D eigenvalue weighted by molar-refractivity contribution is -0.137. The zero-order valence-electron chi connectivity index (χ0n) is 14.0. The van der Waals surface area contributed by atoms with E-state index in [1.165, 1.54) is 0 Å². The molecule has 3 aromatic rings. The van der Waals surface area contributed by atoms with Gasteiger partial charge in [-0.25, -0.2) is 0 Å². The smallest absolute Gasteiger partial charge is 0.287 e. The van der Waals surface area contributed by atoms with Crippen molar-refractivity contribution in [3.8, 4) is 11.3 Å². The fraction of sp³-hybridized carbons (Fsp3) is 0.111. The highest BCUT2D eigenvalue weighted by molar-refractivity contribution is 6.99. The summed E-state index contributed by atoms with van der Waals surface area (Å²) >= 11 is 0.885. The first-order valence-electron chi connectivity index (χ1n) is 7.98. The van der Waals surface area contributed by atoms with Gasteiger partial charge in [0.2, 0.25) is 5.78 Å². The number of rotatable bonds is 7. The number of nitrogens with zero attached hydrogens (tertiary/aromatic N) is 3. The predicted molar refractivity (Wildman–Crippen MR) is 98.7 cm³/mol. The molecule has 2 heterocycles. The maximum absolute atomic E-state index is 12.7. The maximum atomic E-state index is 12.7. The number of nitrogens with two attached hydrogens (primary N) is 1. The lowest BCUT2D eigenvalue weighted by Crippen LogP contribution is -2.47. The summed E-state index contributed by atoms with van der Waals surface area (Å²) < 4.78 is 8.19. The van der Waals surface area contributed by atoms with E-state index < -0.39 is 23.6 Å². The van der Waals surface area contributed by atoms with Crippen molar-refractivity contribution in [2.24, 2.45) is 5.73 Å². The Bertz CT molecular complexity index is 959. The minimum absolute atomic E-state index is 0.0343. The van der Waals surface area contributed by atoms with E-state index in [4.69, 9.17) is 5.73 Å². The highest BCUT2D eigenvalue weighted by Gasteiger charge is 2.28. The van der Waals surface area contributed by atoms with Gasteiger partial charge in [-0.05, 0) is 12.1 Å². The van der Waals surface area contributed by atoms with E-state index in [-0.39, 0.29) is 12.1 Å². The van der Waals surface area contributed by atoms with E-state index >= 15 is 0 Å². The Balaban J connectivity index is 1.84. The number of carbonyl (C=O) groups is 3. The van der Waals surface area contributed by atoms with Gasteiger partial charge in [0, 0.05) is 23.9 Å². The van der Waals surface area contributed by atoms with Crippen LogP contribution >= 0.6 is 11.7 Å². The molecule has 136 valence electrons. The van der Waals surface area contributed by atoms with Crippen LogP contribution in [0.15, 0.2) is 54.7 Å². The molecule has 0 aliphatic carbocycles. The molecule has 1 unspecified atom stereocenters. The van der Waals surface area contributed by atoms with Gasteiger partial charge < -0.3 is 11.1 Å². The van der Waals surface area contributed by atoms with Gasteiger partial charge in [-0.1, -0.05) is 36.4 Å². The van der Waals surface area contributed by atoms with Gasteiger partial charge in [0.1, 0.15) is 11.7 Å². The van der Waals surface area contributed by atoms with Crippen LogP contribution in [-0.4, -0.2) is 37.4 Å². The number of benzene rings is 1. The Hall–Kier alpha value is -3.46. The lowest BCUT2D eigenvalue weighted by atomic mass is 10.0. The zero-order valence-corrected chi connectivity index (χ0v) is 14.8. The monoisotopic (exact) mass is 381 g/mol. The second kappa shape index (κ2) is 8.28. The standard InChI is InChI=1S/C18H15N5O3S/c19-17(25)16(24)13(10-12-8-4-5-9-20-12)21-18(26)15-14(22-27-23-15)11-6-2-1-3-7-11/h1-9,13H,10H2,(H2,19,25)(H,21,26). The molecule has 9 heteroatoms. The Labute approximate surface area is 158 Å². The molecule has 0 fully saturated rings. The summed E-state index contributed by atoms with van der Waals surface area (Å²) in [6, 6.07) is 13.1. The van der Waals surface area contributed by atoms with Gasteiger partial charge in [0.25, 0.3) is 11.8 Å². The van der Waals surface area contributed by atoms with E-state index in [2.05, 4.69) is 19.0 Å². The molecule has 0 aliphatic heterocycles. The highest BCUT2D eigenvalue weighted by Crippen LogP contribution is 2.21. The van der Waals surface area contributed by atoms with Crippen molar-refractivity contribution in [2.75, 3.05) is 0 Å². The minimum Gasteiger partial charge on any atom is -0.363 e. The average Bonchev–Trinajstić information content (AvgIpc) is 3.18. The summed E-state index contributed by atoms with van der Waals surface area (Å²) in [6.45, 7) is 0. The van der Waals surface area contributed by atoms with Crippen molar-refractivity contribution in [1.29, 1.82) is 0 Å². The molecule has 1 aromatic carbocycles. The molecule has 2 amide bonds. The summed E-state index contributed by atoms with van der Waals surface area (Å²) in [5.74, 6) is -2.65. The SMILES string of the molecule is NC(=O)C(=O)C(Cc1ccccn1)NC(=O)c1nsnc1-c1ccccc1. The molecular formula is C18H15N5O3S. The van der Waals surface area contributed by atoms with Gasteiger partial charge in [-0.15, -0.1) is 0 Å². The van der Waals surface area contributed by atoms with Crippen LogP contribution < -0.4 is 11.1 Å². The molecule has 1 atom stereocenters. The minimum atomic E-state index is -1.14. The van der Waals surface area contributed by atoms with E-state index in [9.17, 15) is 14.4 Å². The first-order chi connectivity index (χ1) is 13.1. The molecule has 3 N–H and O–H groups in total. The summed E-state index contributed by atoms with van der Waals surface area (Å²) in [6.07, 6.45) is 1.59. The molecule has 3 rings (SSSR count). The molecule has 0 aliphatic rings. The largest absolute Gasteiger partial charge is 0.363 e. The van der Waals surface area contributed by atoms with Crippen LogP contribution in [0.2, 0.25) is 0 Å². The van der Waals surface area contributed by atoms with Crippen LogP contribution in [0.3, 0.4) is 0 Å². The number of nitrogens with one attached hydrogen (secondary N) is 1. The summed E-state index contributed by atoms with van der Waals surface area (Å²) in [4.78, 5) is 40.3. The number of hydrogen-bond donors (Lipinski definition) is 2. The molecule has 0 saturated carbocycles. The number of Topliss-reactive ketones (excluding diaryl/α,β-unsaturated/α-hetero) is 1. The normalized spacial score (nSPS) is 11.6. The second-order valence-corrected chi connectivity index (χ2v) is 6.14. The van der Waals surface area contributed by atoms with Gasteiger partial charge in [0.05, 0.1) is 11.7 Å². The Kier molecular flexibility index (Phi) is 5.62. The molecule has 8 nitrogen and oxygen atoms in total. The Morgan fingerprint density at radius 1 is 1.04 bits per heavy atom. The molecule has 0 spiro atoms. The van der Waals surface area contributed by atoms with Crippen LogP contribution in [0.4, 0.5) is 0 Å². The topological polar surface area (TPSA) is 128 Å². The highest BCUT2D eigenvalue weighted by atomic mass is 32.1. The van der Waals surface area contributed by atoms with Gasteiger partial charge in [0.15, 0.2) is 5.69 Å². The van der Waals surface area contributed by atoms with Crippen LogP contribution in [0.5, 0.6) is 0 Å². The Morgan fingerprint density at radius 2 is 1.78 bits per heavy atom. The molecule has 2 aromatic heterocycles. The number of pyridine rings is 1. The van der Waals surface area contributed by atoms with Crippen molar-refractivity contribution in [3.63, 3.8) is 0 Å². The quantitative estimate of drug-likeness (QED) is 0.588. The summed E-state index contributed by atoms with van der Waals surface area (Å²) in [5, 5.41) is 2.53. The third-order valence-corrected chi connectivity index (χ3v) is 4.28. The van der Waals surface area contributed by atoms with E-state index in [1.807, 2.05) is 18.2 Å². The summed E-state index contributed by atoms with van der Waals surface area (Å²) in [5.41, 5.74) is 6.86. The fourth-order valence-electron chi connectivity index (χ4n) is 2.46.